The number of carbonyl (C=O) groups excluding carboxylic acids is 1. The summed E-state index contributed by atoms with van der Waals surface area (Å²) in [6.07, 6.45) is 5.42. The van der Waals surface area contributed by atoms with E-state index < -0.39 is 0 Å². The molecule has 1 heterocycles. The van der Waals surface area contributed by atoms with Gasteiger partial charge in [0.2, 0.25) is 0 Å². The fourth-order valence-electron chi connectivity index (χ4n) is 8.22. The number of carbonyl (C=O) groups is 1. The molecule has 4 aliphatic rings. The van der Waals surface area contributed by atoms with Crippen molar-refractivity contribution in [2.75, 3.05) is 26.9 Å². The Morgan fingerprint density at radius 3 is 2.51 bits per heavy atom. The molecule has 5 heteroatoms. The molecule has 5 nitrogen and oxygen atoms in total. The Morgan fingerprint density at radius 2 is 1.86 bits per heavy atom. The summed E-state index contributed by atoms with van der Waals surface area (Å²) in [4.78, 5) is 14.7. The van der Waals surface area contributed by atoms with Gasteiger partial charge in [-0.1, -0.05) is 51.1 Å². The molecule has 1 aromatic carbocycles. The first-order valence-electron chi connectivity index (χ1n) is 14.0. The van der Waals surface area contributed by atoms with E-state index in [9.17, 15) is 4.79 Å². The summed E-state index contributed by atoms with van der Waals surface area (Å²) in [5.74, 6) is 2.95. The predicted octanol–water partition coefficient (Wildman–Crippen LogP) is 6.23. The van der Waals surface area contributed by atoms with Crippen LogP contribution >= 0.6 is 0 Å². The molecule has 0 radical (unpaired) electrons. The average Bonchev–Trinajstić information content (AvgIpc) is 3.31. The molecule has 0 N–H and O–H groups in total. The largest absolute Gasteiger partial charge is 0.497 e. The highest BCUT2D eigenvalue weighted by molar-refractivity contribution is 5.90. The van der Waals surface area contributed by atoms with Crippen LogP contribution in [0.25, 0.3) is 0 Å². The maximum Gasteiger partial charge on any atom is 0.160 e. The van der Waals surface area contributed by atoms with E-state index in [-0.39, 0.29) is 34.9 Å². The Labute approximate surface area is 222 Å². The highest BCUT2D eigenvalue weighted by Gasteiger charge is 2.69. The van der Waals surface area contributed by atoms with Gasteiger partial charge in [0, 0.05) is 17.3 Å². The van der Waals surface area contributed by atoms with Crippen molar-refractivity contribution in [3.63, 3.8) is 0 Å². The van der Waals surface area contributed by atoms with Crippen LogP contribution in [0.5, 0.6) is 5.75 Å². The van der Waals surface area contributed by atoms with Gasteiger partial charge in [-0.3, -0.25) is 4.79 Å². The third-order valence-corrected chi connectivity index (χ3v) is 10.2. The third-order valence-electron chi connectivity index (χ3n) is 10.2. The fourth-order valence-corrected chi connectivity index (χ4v) is 8.22. The number of ether oxygens (including phenoxy) is 4. The SMILES string of the molecule is C=C[C@@H]1C[C@H](C2OCCO2)C[C@]12C(=O)[C@@H](CC(=C)COCc1ccc(OC)cc1)[C@H]1[C@@H](C[C@H]2C)C1(C)C. The van der Waals surface area contributed by atoms with E-state index in [1.807, 2.05) is 24.3 Å². The smallest absolute Gasteiger partial charge is 0.160 e. The molecule has 7 atom stereocenters. The molecule has 3 aliphatic carbocycles. The van der Waals surface area contributed by atoms with Crippen molar-refractivity contribution in [2.24, 2.45) is 46.3 Å². The number of fused-ring (bicyclic) bond motifs is 1. The summed E-state index contributed by atoms with van der Waals surface area (Å²) in [6, 6.07) is 7.92. The van der Waals surface area contributed by atoms with E-state index in [1.165, 1.54) is 0 Å². The number of Topliss-reactive ketones (excluding diaryl/α,β-unsaturated/α-hetero) is 1. The zero-order valence-corrected chi connectivity index (χ0v) is 23.0. The highest BCUT2D eigenvalue weighted by Crippen LogP contribution is 2.71. The van der Waals surface area contributed by atoms with E-state index in [2.05, 4.69) is 40.0 Å². The summed E-state index contributed by atoms with van der Waals surface area (Å²) < 4.78 is 23.1. The van der Waals surface area contributed by atoms with Crippen molar-refractivity contribution in [3.05, 3.63) is 54.6 Å². The molecule has 37 heavy (non-hydrogen) atoms. The molecule has 5 rings (SSSR count). The van der Waals surface area contributed by atoms with Crippen molar-refractivity contribution in [1.29, 1.82) is 0 Å². The zero-order chi connectivity index (χ0) is 26.4. The van der Waals surface area contributed by atoms with Gasteiger partial charge < -0.3 is 18.9 Å². The normalized spacial score (nSPS) is 36.8. The van der Waals surface area contributed by atoms with Crippen molar-refractivity contribution in [3.8, 4) is 5.75 Å². The Hall–Kier alpha value is -1.95. The van der Waals surface area contributed by atoms with Gasteiger partial charge in [0.05, 0.1) is 33.5 Å². The van der Waals surface area contributed by atoms with Crippen LogP contribution in [0.15, 0.2) is 49.1 Å². The van der Waals surface area contributed by atoms with E-state index >= 15 is 0 Å². The number of ketones is 1. The van der Waals surface area contributed by atoms with Gasteiger partial charge in [-0.25, -0.2) is 0 Å². The van der Waals surface area contributed by atoms with Crippen LogP contribution < -0.4 is 4.74 Å². The van der Waals surface area contributed by atoms with Gasteiger partial charge in [-0.15, -0.1) is 6.58 Å². The lowest BCUT2D eigenvalue weighted by Gasteiger charge is -2.41. The first-order chi connectivity index (χ1) is 17.7. The highest BCUT2D eigenvalue weighted by atomic mass is 16.7. The van der Waals surface area contributed by atoms with Crippen molar-refractivity contribution in [1.82, 2.24) is 0 Å². The Kier molecular flexibility index (Phi) is 7.43. The molecule has 1 aromatic rings. The minimum atomic E-state index is -0.389. The lowest BCUT2D eigenvalue weighted by atomic mass is 9.61. The average molecular weight is 509 g/mol. The number of hydrogen-bond acceptors (Lipinski definition) is 5. The fraction of sp³-hybridized carbons (Fsp3) is 0.656. The summed E-state index contributed by atoms with van der Waals surface area (Å²) in [7, 11) is 1.67. The number of allylic oxidation sites excluding steroid dienone is 1. The number of hydrogen-bond donors (Lipinski definition) is 0. The molecule has 4 fully saturated rings. The van der Waals surface area contributed by atoms with Gasteiger partial charge in [0.25, 0.3) is 0 Å². The number of methoxy groups -OCH3 is 1. The number of benzene rings is 1. The molecule has 0 aromatic heterocycles. The standard InChI is InChI=1S/C32H44O5/c1-7-24-16-23(30-36-12-13-37-30)17-32(24)21(3)15-27-28(31(27,4)5)26(29(32)33)14-20(2)18-35-19-22-8-10-25(34-6)11-9-22/h7-11,21,23-24,26-28,30H,1-2,12-19H2,3-6H3/t21-,23+,24-,26+,27-,28+,32-/m1/s1. The zero-order valence-electron chi connectivity index (χ0n) is 23.0. The molecule has 1 saturated heterocycles. The first kappa shape index (κ1) is 26.6. The van der Waals surface area contributed by atoms with Crippen LogP contribution in [-0.2, 0) is 25.6 Å². The van der Waals surface area contributed by atoms with Crippen LogP contribution in [0.4, 0.5) is 0 Å². The van der Waals surface area contributed by atoms with E-state index in [0.29, 0.717) is 56.4 Å². The number of rotatable bonds is 9. The van der Waals surface area contributed by atoms with Crippen LogP contribution in [0.2, 0.25) is 0 Å². The van der Waals surface area contributed by atoms with Gasteiger partial charge in [-0.05, 0) is 72.5 Å². The Morgan fingerprint density at radius 1 is 1.16 bits per heavy atom. The lowest BCUT2D eigenvalue weighted by molar-refractivity contribution is -0.139. The quantitative estimate of drug-likeness (QED) is 0.370. The monoisotopic (exact) mass is 508 g/mol. The van der Waals surface area contributed by atoms with Crippen LogP contribution in [0.3, 0.4) is 0 Å². The van der Waals surface area contributed by atoms with Crippen LogP contribution in [-0.4, -0.2) is 39.0 Å². The molecule has 202 valence electrons. The summed E-state index contributed by atoms with van der Waals surface area (Å²) >= 11 is 0. The summed E-state index contributed by atoms with van der Waals surface area (Å²) in [5, 5.41) is 0. The molecule has 0 unspecified atom stereocenters. The Bertz CT molecular complexity index is 1010. The molecule has 0 bridgehead atoms. The second kappa shape index (κ2) is 10.3. The maximum absolute atomic E-state index is 14.7. The first-order valence-corrected chi connectivity index (χ1v) is 14.0. The second-order valence-corrected chi connectivity index (χ2v) is 12.5. The topological polar surface area (TPSA) is 54.0 Å². The van der Waals surface area contributed by atoms with E-state index in [4.69, 9.17) is 18.9 Å². The molecular formula is C32H44O5. The van der Waals surface area contributed by atoms with Crippen LogP contribution in [0, 0.1) is 46.3 Å². The molecule has 3 saturated carbocycles. The van der Waals surface area contributed by atoms with Crippen molar-refractivity contribution >= 4 is 5.78 Å². The summed E-state index contributed by atoms with van der Waals surface area (Å²) in [6.45, 7) is 17.8. The molecule has 1 spiro atoms. The lowest BCUT2D eigenvalue weighted by Crippen LogP contribution is -2.44. The van der Waals surface area contributed by atoms with Gasteiger partial charge in [0.15, 0.2) is 6.29 Å². The minimum absolute atomic E-state index is 0.0198. The molecular weight excluding hydrogens is 464 g/mol. The van der Waals surface area contributed by atoms with E-state index in [1.54, 1.807) is 7.11 Å². The minimum Gasteiger partial charge on any atom is -0.497 e. The third kappa shape index (κ3) is 4.72. The van der Waals surface area contributed by atoms with Crippen LogP contribution in [0.1, 0.15) is 52.0 Å². The second-order valence-electron chi connectivity index (χ2n) is 12.5. The van der Waals surface area contributed by atoms with Gasteiger partial charge in [0.1, 0.15) is 11.5 Å². The predicted molar refractivity (Wildman–Crippen MR) is 144 cm³/mol. The van der Waals surface area contributed by atoms with Gasteiger partial charge >= 0.3 is 0 Å². The molecule has 0 amide bonds. The maximum atomic E-state index is 14.7. The van der Waals surface area contributed by atoms with Crippen molar-refractivity contribution < 1.29 is 23.7 Å². The summed E-state index contributed by atoms with van der Waals surface area (Å²) in [5.41, 5.74) is 1.91. The molecule has 1 aliphatic heterocycles. The Balaban J connectivity index is 1.31. The van der Waals surface area contributed by atoms with E-state index in [0.717, 1.165) is 36.1 Å². The van der Waals surface area contributed by atoms with Gasteiger partial charge in [-0.2, -0.15) is 0 Å². The van der Waals surface area contributed by atoms with Crippen molar-refractivity contribution in [2.45, 2.75) is 59.4 Å².